The lowest BCUT2D eigenvalue weighted by Gasteiger charge is -1.96. The van der Waals surface area contributed by atoms with Crippen LogP contribution in [0.1, 0.15) is 12.0 Å². The second kappa shape index (κ2) is 5.85. The van der Waals surface area contributed by atoms with Crippen LogP contribution < -0.4 is 0 Å². The minimum atomic E-state index is -0.873. The average Bonchev–Trinajstić information content (AvgIpc) is 3.02. The lowest BCUT2D eigenvalue weighted by atomic mass is 10.2. The van der Waals surface area contributed by atoms with Crippen LogP contribution in [0.2, 0.25) is 0 Å². The third kappa shape index (κ3) is 3.24. The maximum absolute atomic E-state index is 13.1. The highest BCUT2D eigenvalue weighted by molar-refractivity contribution is 7.99. The predicted molar refractivity (Wildman–Crippen MR) is 78.3 cm³/mol. The number of benzene rings is 1. The quantitative estimate of drug-likeness (QED) is 0.581. The summed E-state index contributed by atoms with van der Waals surface area (Å²) in [5.41, 5.74) is 2.17. The van der Waals surface area contributed by atoms with E-state index in [0.717, 1.165) is 30.7 Å². The van der Waals surface area contributed by atoms with E-state index in [4.69, 9.17) is 0 Å². The summed E-state index contributed by atoms with van der Waals surface area (Å²) >= 11 is 1.55. The topological polar surface area (TPSA) is 46.5 Å². The van der Waals surface area contributed by atoms with Crippen molar-refractivity contribution >= 4 is 22.8 Å². The number of imidazole rings is 1. The minimum absolute atomic E-state index is 0.448. The van der Waals surface area contributed by atoms with Crippen LogP contribution in [-0.2, 0) is 13.5 Å². The van der Waals surface area contributed by atoms with Crippen molar-refractivity contribution < 1.29 is 8.78 Å². The number of hydrogen-bond acceptors (Lipinski definition) is 3. The molecule has 0 spiro atoms. The standard InChI is InChI=1S/C14H14F2N4S/c1-20-8-9(7-17-20)3-2-4-21-14-18-12-5-10(15)11(16)6-13(12)19-14/h5-8H,2-4H2,1H3,(H,18,19). The average molecular weight is 308 g/mol. The zero-order valence-corrected chi connectivity index (χ0v) is 12.3. The second-order valence-corrected chi connectivity index (χ2v) is 5.88. The van der Waals surface area contributed by atoms with Gasteiger partial charge in [0, 0.05) is 31.1 Å². The zero-order chi connectivity index (χ0) is 14.8. The molecule has 1 aromatic carbocycles. The van der Waals surface area contributed by atoms with E-state index < -0.39 is 11.6 Å². The number of H-pyrrole nitrogens is 1. The van der Waals surface area contributed by atoms with Gasteiger partial charge >= 0.3 is 0 Å². The van der Waals surface area contributed by atoms with E-state index in [0.29, 0.717) is 16.2 Å². The van der Waals surface area contributed by atoms with Crippen molar-refractivity contribution in [2.75, 3.05) is 5.75 Å². The zero-order valence-electron chi connectivity index (χ0n) is 11.4. The Bertz CT molecular complexity index is 727. The monoisotopic (exact) mass is 308 g/mol. The maximum atomic E-state index is 13.1. The Kier molecular flexibility index (Phi) is 3.92. The summed E-state index contributed by atoms with van der Waals surface area (Å²) in [7, 11) is 1.89. The highest BCUT2D eigenvalue weighted by atomic mass is 32.2. The molecule has 7 heteroatoms. The Balaban J connectivity index is 1.58. The number of halogens is 2. The number of aryl methyl sites for hydroxylation is 2. The van der Waals surface area contributed by atoms with Gasteiger partial charge in [0.25, 0.3) is 0 Å². The van der Waals surface area contributed by atoms with E-state index in [2.05, 4.69) is 15.1 Å². The fraction of sp³-hybridized carbons (Fsp3) is 0.286. The molecule has 0 aliphatic heterocycles. The van der Waals surface area contributed by atoms with E-state index in [1.54, 1.807) is 16.4 Å². The Labute approximate surface area is 124 Å². The molecule has 21 heavy (non-hydrogen) atoms. The number of aromatic amines is 1. The van der Waals surface area contributed by atoms with Crippen LogP contribution in [0.3, 0.4) is 0 Å². The molecule has 3 rings (SSSR count). The second-order valence-electron chi connectivity index (χ2n) is 4.80. The molecule has 0 atom stereocenters. The first-order chi connectivity index (χ1) is 10.1. The van der Waals surface area contributed by atoms with Gasteiger partial charge < -0.3 is 4.98 Å². The maximum Gasteiger partial charge on any atom is 0.166 e. The van der Waals surface area contributed by atoms with Crippen molar-refractivity contribution in [2.24, 2.45) is 7.05 Å². The molecule has 0 amide bonds. The number of nitrogens with zero attached hydrogens (tertiary/aromatic N) is 3. The number of rotatable bonds is 5. The van der Waals surface area contributed by atoms with Gasteiger partial charge in [-0.05, 0) is 18.4 Å². The number of fused-ring (bicyclic) bond motifs is 1. The van der Waals surface area contributed by atoms with Crippen LogP contribution in [0, 0.1) is 11.6 Å². The summed E-state index contributed by atoms with van der Waals surface area (Å²) in [5, 5.41) is 4.80. The van der Waals surface area contributed by atoms with E-state index in [1.165, 1.54) is 5.56 Å². The summed E-state index contributed by atoms with van der Waals surface area (Å²) < 4.78 is 28.0. The number of nitrogens with one attached hydrogen (secondary N) is 1. The molecule has 4 nitrogen and oxygen atoms in total. The largest absolute Gasteiger partial charge is 0.333 e. The molecule has 0 unspecified atom stereocenters. The summed E-state index contributed by atoms with van der Waals surface area (Å²) in [6.07, 6.45) is 5.79. The van der Waals surface area contributed by atoms with E-state index in [9.17, 15) is 8.78 Å². The molecule has 0 bridgehead atoms. The molecule has 0 aliphatic carbocycles. The van der Waals surface area contributed by atoms with Crippen molar-refractivity contribution in [2.45, 2.75) is 18.0 Å². The van der Waals surface area contributed by atoms with Crippen LogP contribution >= 0.6 is 11.8 Å². The summed E-state index contributed by atoms with van der Waals surface area (Å²) in [4.78, 5) is 7.24. The molecule has 1 N–H and O–H groups in total. The molecular formula is C14H14F2N4S. The summed E-state index contributed by atoms with van der Waals surface area (Å²) in [5.74, 6) is -0.860. The van der Waals surface area contributed by atoms with E-state index >= 15 is 0 Å². The Morgan fingerprint density at radius 1 is 1.29 bits per heavy atom. The number of aromatic nitrogens is 4. The minimum Gasteiger partial charge on any atom is -0.333 e. The van der Waals surface area contributed by atoms with Crippen LogP contribution in [0.5, 0.6) is 0 Å². The molecule has 0 saturated heterocycles. The highest BCUT2D eigenvalue weighted by Gasteiger charge is 2.08. The van der Waals surface area contributed by atoms with Crippen LogP contribution in [0.25, 0.3) is 11.0 Å². The fourth-order valence-electron chi connectivity index (χ4n) is 2.10. The summed E-state index contributed by atoms with van der Waals surface area (Å²) in [6, 6.07) is 2.25. The lowest BCUT2D eigenvalue weighted by Crippen LogP contribution is -1.87. The summed E-state index contributed by atoms with van der Waals surface area (Å²) in [6.45, 7) is 0. The predicted octanol–water partition coefficient (Wildman–Crippen LogP) is 3.30. The first-order valence-corrected chi connectivity index (χ1v) is 7.55. The van der Waals surface area contributed by atoms with Crippen molar-refractivity contribution in [1.82, 2.24) is 19.7 Å². The van der Waals surface area contributed by atoms with Crippen LogP contribution in [-0.4, -0.2) is 25.5 Å². The van der Waals surface area contributed by atoms with Gasteiger partial charge in [-0.3, -0.25) is 4.68 Å². The lowest BCUT2D eigenvalue weighted by molar-refractivity contribution is 0.510. The van der Waals surface area contributed by atoms with Gasteiger partial charge in [-0.15, -0.1) is 0 Å². The third-order valence-corrected chi connectivity index (χ3v) is 4.07. The van der Waals surface area contributed by atoms with Crippen molar-refractivity contribution in [1.29, 1.82) is 0 Å². The van der Waals surface area contributed by atoms with E-state index in [-0.39, 0.29) is 0 Å². The molecule has 0 aliphatic rings. The van der Waals surface area contributed by atoms with Gasteiger partial charge in [-0.2, -0.15) is 5.10 Å². The molecule has 0 radical (unpaired) electrons. The molecule has 110 valence electrons. The molecule has 2 heterocycles. The molecule has 2 aromatic heterocycles. The SMILES string of the molecule is Cn1cc(CCCSc2nc3cc(F)c(F)cc3[nH]2)cn1. The van der Waals surface area contributed by atoms with E-state index in [1.807, 2.05) is 19.4 Å². The smallest absolute Gasteiger partial charge is 0.166 e. The van der Waals surface area contributed by atoms with Gasteiger partial charge in [-0.1, -0.05) is 11.8 Å². The number of hydrogen-bond donors (Lipinski definition) is 1. The van der Waals surface area contributed by atoms with Crippen LogP contribution in [0.15, 0.2) is 29.7 Å². The van der Waals surface area contributed by atoms with Gasteiger partial charge in [0.05, 0.1) is 17.2 Å². The Morgan fingerprint density at radius 3 is 2.86 bits per heavy atom. The van der Waals surface area contributed by atoms with Crippen LogP contribution in [0.4, 0.5) is 8.78 Å². The van der Waals surface area contributed by atoms with Crippen molar-refractivity contribution in [3.8, 4) is 0 Å². The first-order valence-electron chi connectivity index (χ1n) is 6.57. The molecule has 3 aromatic rings. The Hall–Kier alpha value is -1.89. The third-order valence-electron chi connectivity index (χ3n) is 3.11. The van der Waals surface area contributed by atoms with Gasteiger partial charge in [0.2, 0.25) is 0 Å². The molecular weight excluding hydrogens is 294 g/mol. The normalized spacial score (nSPS) is 11.4. The van der Waals surface area contributed by atoms with Crippen molar-refractivity contribution in [3.63, 3.8) is 0 Å². The van der Waals surface area contributed by atoms with Crippen molar-refractivity contribution in [3.05, 3.63) is 41.7 Å². The first kappa shape index (κ1) is 14.1. The molecule has 0 fully saturated rings. The Morgan fingerprint density at radius 2 is 2.10 bits per heavy atom. The van der Waals surface area contributed by atoms with Gasteiger partial charge in [-0.25, -0.2) is 13.8 Å². The number of thioether (sulfide) groups is 1. The van der Waals surface area contributed by atoms with Gasteiger partial charge in [0.15, 0.2) is 16.8 Å². The molecule has 0 saturated carbocycles. The fourth-order valence-corrected chi connectivity index (χ4v) is 2.92. The van der Waals surface area contributed by atoms with Gasteiger partial charge in [0.1, 0.15) is 0 Å². The highest BCUT2D eigenvalue weighted by Crippen LogP contribution is 2.22.